The van der Waals surface area contributed by atoms with Crippen molar-refractivity contribution in [2.45, 2.75) is 26.2 Å². The summed E-state index contributed by atoms with van der Waals surface area (Å²) in [6.45, 7) is 6.64. The van der Waals surface area contributed by atoms with Gasteiger partial charge in [0.1, 0.15) is 5.82 Å². The molecule has 0 spiro atoms. The van der Waals surface area contributed by atoms with Crippen LogP contribution in [0.1, 0.15) is 26.3 Å². The molecule has 2 aromatic heterocycles. The molecule has 0 aliphatic rings. The Labute approximate surface area is 197 Å². The van der Waals surface area contributed by atoms with Crippen LogP contribution in [0.4, 0.5) is 0 Å². The summed E-state index contributed by atoms with van der Waals surface area (Å²) in [5.74, 6) is 2.21. The molecule has 0 atom stereocenters. The first kappa shape index (κ1) is 21.3. The van der Waals surface area contributed by atoms with Crippen LogP contribution in [0.2, 0.25) is 0 Å². The molecule has 31 heavy (non-hydrogen) atoms. The van der Waals surface area contributed by atoms with E-state index < -0.39 is 0 Å². The van der Waals surface area contributed by atoms with Crippen LogP contribution in [-0.2, 0) is 26.5 Å². The Hall–Kier alpha value is -2.90. The second-order valence-corrected chi connectivity index (χ2v) is 8.42. The Bertz CT molecular complexity index is 1350. The maximum Gasteiger partial charge on any atom is 2.00 e. The first-order valence-electron chi connectivity index (χ1n) is 10.1. The van der Waals surface area contributed by atoms with Crippen molar-refractivity contribution >= 4 is 21.8 Å². The van der Waals surface area contributed by atoms with Crippen molar-refractivity contribution < 1.29 is 25.8 Å². The molecule has 0 saturated heterocycles. The summed E-state index contributed by atoms with van der Waals surface area (Å²) >= 11 is 0. The van der Waals surface area contributed by atoms with Gasteiger partial charge in [-0.15, -0.1) is 29.7 Å². The van der Waals surface area contributed by atoms with Gasteiger partial charge in [0.25, 0.3) is 0 Å². The zero-order chi connectivity index (χ0) is 20.7. The predicted octanol–water partition coefficient (Wildman–Crippen LogP) is 6.87. The first-order chi connectivity index (χ1) is 14.5. The molecule has 0 bridgehead atoms. The number of hydrogen-bond acceptors (Lipinski definition) is 2. The summed E-state index contributed by atoms with van der Waals surface area (Å²) in [4.78, 5) is 4.71. The largest absolute Gasteiger partial charge is 2.00 e. The van der Waals surface area contributed by atoms with Crippen LogP contribution in [0.3, 0.4) is 0 Å². The number of ether oxygens (including phenoxy) is 1. The van der Waals surface area contributed by atoms with E-state index in [4.69, 9.17) is 9.72 Å². The van der Waals surface area contributed by atoms with Gasteiger partial charge in [0.15, 0.2) is 0 Å². The fourth-order valence-corrected chi connectivity index (χ4v) is 3.74. The van der Waals surface area contributed by atoms with E-state index in [2.05, 4.69) is 79.9 Å². The fraction of sp³-hybridized carbons (Fsp3) is 0.148. The average molecular weight is 586 g/mol. The first-order valence-corrected chi connectivity index (χ1v) is 10.1. The molecule has 2 heterocycles. The van der Waals surface area contributed by atoms with Crippen molar-refractivity contribution in [3.05, 3.63) is 96.7 Å². The minimum Gasteiger partial charge on any atom is -0.509 e. The summed E-state index contributed by atoms with van der Waals surface area (Å²) in [5, 5.41) is 2.29. The molecule has 0 N–H and O–H groups in total. The Morgan fingerprint density at radius 2 is 1.68 bits per heavy atom. The van der Waals surface area contributed by atoms with E-state index in [1.807, 2.05) is 36.5 Å². The SMILES string of the molecule is CC(C)(C)c1ccnc(-n2c3[c-]c(Oc4[c-]cccc4)ccc3c3ccccc32)c1.[Pt+2]. The normalized spacial score (nSPS) is 11.5. The third-order valence-electron chi connectivity index (χ3n) is 5.30. The summed E-state index contributed by atoms with van der Waals surface area (Å²) in [7, 11) is 0. The zero-order valence-electron chi connectivity index (χ0n) is 17.6. The molecule has 3 aromatic carbocycles. The summed E-state index contributed by atoms with van der Waals surface area (Å²) in [6.07, 6.45) is 1.88. The molecule has 4 heteroatoms. The summed E-state index contributed by atoms with van der Waals surface area (Å²) in [6, 6.07) is 30.8. The second kappa shape index (κ2) is 8.32. The van der Waals surface area contributed by atoms with Crippen molar-refractivity contribution in [1.82, 2.24) is 9.55 Å². The predicted molar refractivity (Wildman–Crippen MR) is 121 cm³/mol. The molecular weight excluding hydrogens is 563 g/mol. The molecule has 0 amide bonds. The summed E-state index contributed by atoms with van der Waals surface area (Å²) < 4.78 is 8.17. The molecule has 156 valence electrons. The molecule has 0 unspecified atom stereocenters. The molecular formula is C27H22N2OPt. The minimum absolute atomic E-state index is 0. The van der Waals surface area contributed by atoms with Crippen LogP contribution >= 0.6 is 0 Å². The number of para-hydroxylation sites is 2. The molecule has 3 nitrogen and oxygen atoms in total. The van der Waals surface area contributed by atoms with Crippen molar-refractivity contribution in [1.29, 1.82) is 0 Å². The summed E-state index contributed by atoms with van der Waals surface area (Å²) in [5.41, 5.74) is 3.33. The van der Waals surface area contributed by atoms with Crippen molar-refractivity contribution in [2.75, 3.05) is 0 Å². The Kier molecular flexibility index (Phi) is 5.73. The van der Waals surface area contributed by atoms with Crippen LogP contribution in [0.25, 0.3) is 27.6 Å². The fourth-order valence-electron chi connectivity index (χ4n) is 3.74. The van der Waals surface area contributed by atoms with Crippen molar-refractivity contribution in [3.8, 4) is 17.3 Å². The number of benzene rings is 3. The number of aromatic nitrogens is 2. The van der Waals surface area contributed by atoms with E-state index in [1.54, 1.807) is 0 Å². The van der Waals surface area contributed by atoms with Gasteiger partial charge in [0.05, 0.1) is 0 Å². The monoisotopic (exact) mass is 585 g/mol. The van der Waals surface area contributed by atoms with Gasteiger partial charge >= 0.3 is 21.1 Å². The topological polar surface area (TPSA) is 27.1 Å². The number of nitrogens with zero attached hydrogens (tertiary/aromatic N) is 2. The van der Waals surface area contributed by atoms with Crippen molar-refractivity contribution in [2.24, 2.45) is 0 Å². The van der Waals surface area contributed by atoms with Gasteiger partial charge in [0, 0.05) is 23.2 Å². The minimum atomic E-state index is 0. The Morgan fingerprint density at radius 3 is 2.45 bits per heavy atom. The van der Waals surface area contributed by atoms with Crippen LogP contribution < -0.4 is 4.74 Å². The number of fused-ring (bicyclic) bond motifs is 3. The molecule has 5 rings (SSSR count). The molecule has 0 saturated carbocycles. The zero-order valence-corrected chi connectivity index (χ0v) is 19.9. The van der Waals surface area contributed by atoms with Gasteiger partial charge in [-0.25, -0.2) is 4.98 Å². The third kappa shape index (κ3) is 4.03. The van der Waals surface area contributed by atoms with Crippen LogP contribution in [0.15, 0.2) is 79.0 Å². The molecule has 0 aliphatic carbocycles. The quantitative estimate of drug-likeness (QED) is 0.216. The molecule has 5 aromatic rings. The van der Waals surface area contributed by atoms with E-state index in [0.29, 0.717) is 11.5 Å². The smallest absolute Gasteiger partial charge is 0.509 e. The van der Waals surface area contributed by atoms with Gasteiger partial charge in [-0.2, -0.15) is 24.3 Å². The van der Waals surface area contributed by atoms with E-state index in [9.17, 15) is 0 Å². The van der Waals surface area contributed by atoms with E-state index in [-0.39, 0.29) is 26.5 Å². The molecule has 0 radical (unpaired) electrons. The molecule has 0 aliphatic heterocycles. The molecule has 0 fully saturated rings. The van der Waals surface area contributed by atoms with Crippen LogP contribution in [0.5, 0.6) is 11.5 Å². The number of hydrogen-bond donors (Lipinski definition) is 0. The Balaban J connectivity index is 0.00000231. The van der Waals surface area contributed by atoms with Gasteiger partial charge in [-0.05, 0) is 34.6 Å². The average Bonchev–Trinajstić information content (AvgIpc) is 3.07. The second-order valence-electron chi connectivity index (χ2n) is 8.42. The van der Waals surface area contributed by atoms with Crippen LogP contribution in [-0.4, -0.2) is 9.55 Å². The third-order valence-corrected chi connectivity index (χ3v) is 5.30. The van der Waals surface area contributed by atoms with E-state index >= 15 is 0 Å². The van der Waals surface area contributed by atoms with E-state index in [0.717, 1.165) is 22.2 Å². The standard InChI is InChI=1S/C27H22N2O.Pt/c1-27(2,3)19-15-16-28-26(17-19)29-24-12-8-7-11-22(24)23-14-13-21(18-25(23)29)30-20-9-5-4-6-10-20;/h4-9,11-17H,1-3H3;/q-2;+2. The van der Waals surface area contributed by atoms with Gasteiger partial charge in [-0.1, -0.05) is 44.5 Å². The number of rotatable bonds is 3. The van der Waals surface area contributed by atoms with Gasteiger partial charge in [-0.3, -0.25) is 0 Å². The Morgan fingerprint density at radius 1 is 0.871 bits per heavy atom. The van der Waals surface area contributed by atoms with Gasteiger partial charge in [0.2, 0.25) is 0 Å². The maximum absolute atomic E-state index is 6.01. The maximum atomic E-state index is 6.01. The van der Waals surface area contributed by atoms with Crippen molar-refractivity contribution in [3.63, 3.8) is 0 Å². The number of pyridine rings is 1. The van der Waals surface area contributed by atoms with Crippen LogP contribution in [0, 0.1) is 12.1 Å². The van der Waals surface area contributed by atoms with E-state index in [1.165, 1.54) is 10.9 Å². The van der Waals surface area contributed by atoms with Gasteiger partial charge < -0.3 is 9.30 Å².